The summed E-state index contributed by atoms with van der Waals surface area (Å²) >= 11 is 0. The molecule has 0 heterocycles. The van der Waals surface area contributed by atoms with Gasteiger partial charge in [0.05, 0.1) is 13.2 Å². The van der Waals surface area contributed by atoms with E-state index < -0.39 is 0 Å². The third kappa shape index (κ3) is 6.89. The molecular formula is C19H22F2N2O2. The maximum absolute atomic E-state index is 13.5. The highest BCUT2D eigenvalue weighted by atomic mass is 19.1. The minimum atomic E-state index is -0.325. The molecule has 25 heavy (non-hydrogen) atoms. The lowest BCUT2D eigenvalue weighted by Gasteiger charge is -2.16. The van der Waals surface area contributed by atoms with Crippen molar-refractivity contribution >= 4 is 5.91 Å². The van der Waals surface area contributed by atoms with E-state index in [-0.39, 0.29) is 30.6 Å². The summed E-state index contributed by atoms with van der Waals surface area (Å²) in [6.45, 7) is 1.55. The third-order valence-electron chi connectivity index (χ3n) is 3.61. The molecule has 0 saturated heterocycles. The summed E-state index contributed by atoms with van der Waals surface area (Å²) in [5.74, 6) is -0.167. The van der Waals surface area contributed by atoms with Crippen LogP contribution in [0.3, 0.4) is 0 Å². The number of nitrogens with one attached hydrogen (secondary N) is 1. The van der Waals surface area contributed by atoms with Crippen molar-refractivity contribution in [1.82, 2.24) is 10.2 Å². The zero-order valence-corrected chi connectivity index (χ0v) is 14.2. The third-order valence-corrected chi connectivity index (χ3v) is 3.61. The second-order valence-electron chi connectivity index (χ2n) is 5.76. The maximum atomic E-state index is 13.5. The van der Waals surface area contributed by atoms with Crippen LogP contribution in [0.25, 0.3) is 0 Å². The summed E-state index contributed by atoms with van der Waals surface area (Å²) in [5, 5.41) is 2.70. The minimum absolute atomic E-state index is 0.162. The molecule has 2 aromatic rings. The van der Waals surface area contributed by atoms with Crippen LogP contribution in [0.15, 0.2) is 48.5 Å². The Labute approximate surface area is 146 Å². The number of carbonyl (C=O) groups is 1. The number of rotatable bonds is 9. The number of amides is 1. The number of ether oxygens (including phenoxy) is 1. The largest absolute Gasteiger partial charge is 0.494 e. The highest BCUT2D eigenvalue weighted by Crippen LogP contribution is 2.11. The number of halogens is 2. The Bertz CT molecular complexity index is 677. The van der Waals surface area contributed by atoms with E-state index in [0.29, 0.717) is 24.5 Å². The molecule has 0 aliphatic heterocycles. The van der Waals surface area contributed by atoms with Gasteiger partial charge in [-0.1, -0.05) is 18.2 Å². The van der Waals surface area contributed by atoms with Crippen molar-refractivity contribution in [3.05, 3.63) is 65.7 Å². The summed E-state index contributed by atoms with van der Waals surface area (Å²) in [7, 11) is 1.83. The first-order valence-corrected chi connectivity index (χ1v) is 8.11. The molecule has 4 nitrogen and oxygen atoms in total. The van der Waals surface area contributed by atoms with Gasteiger partial charge in [-0.05, 0) is 43.8 Å². The van der Waals surface area contributed by atoms with Crippen LogP contribution in [0.1, 0.15) is 12.0 Å². The van der Waals surface area contributed by atoms with E-state index in [1.54, 1.807) is 30.3 Å². The van der Waals surface area contributed by atoms with Crippen molar-refractivity contribution in [2.75, 3.05) is 26.7 Å². The average molecular weight is 348 g/mol. The molecule has 1 amide bonds. The molecule has 0 aliphatic rings. The highest BCUT2D eigenvalue weighted by molar-refractivity contribution is 5.77. The van der Waals surface area contributed by atoms with Crippen molar-refractivity contribution in [2.45, 2.75) is 13.0 Å². The fraction of sp³-hybridized carbons (Fsp3) is 0.316. The van der Waals surface area contributed by atoms with Gasteiger partial charge < -0.3 is 10.1 Å². The molecule has 0 aromatic heterocycles. The standard InChI is InChI=1S/C19H22F2N2O2/c1-23(11-4-12-25-17-9-7-16(20)8-10-17)14-19(24)22-13-15-5-2-3-6-18(15)21/h2-3,5-10H,4,11-14H2,1H3,(H,22,24). The van der Waals surface area contributed by atoms with Crippen LogP contribution in [0.5, 0.6) is 5.75 Å². The first kappa shape index (κ1) is 18.9. The zero-order chi connectivity index (χ0) is 18.1. The molecule has 0 spiro atoms. The van der Waals surface area contributed by atoms with Gasteiger partial charge in [0.2, 0.25) is 5.91 Å². The number of carbonyl (C=O) groups excluding carboxylic acids is 1. The van der Waals surface area contributed by atoms with Gasteiger partial charge in [-0.2, -0.15) is 0 Å². The van der Waals surface area contributed by atoms with Crippen molar-refractivity contribution in [1.29, 1.82) is 0 Å². The molecule has 0 atom stereocenters. The summed E-state index contributed by atoms with van der Waals surface area (Å²) in [5.41, 5.74) is 0.464. The molecule has 0 aliphatic carbocycles. The van der Waals surface area contributed by atoms with Crippen LogP contribution in [-0.2, 0) is 11.3 Å². The average Bonchev–Trinajstić information content (AvgIpc) is 2.59. The summed E-state index contributed by atoms with van der Waals surface area (Å²) in [6.07, 6.45) is 0.731. The summed E-state index contributed by atoms with van der Waals surface area (Å²) < 4.78 is 31.7. The van der Waals surface area contributed by atoms with Crippen LogP contribution in [0.2, 0.25) is 0 Å². The highest BCUT2D eigenvalue weighted by Gasteiger charge is 2.08. The number of likely N-dealkylation sites (N-methyl/N-ethyl adjacent to an activating group) is 1. The minimum Gasteiger partial charge on any atom is -0.494 e. The van der Waals surface area contributed by atoms with Gasteiger partial charge in [-0.25, -0.2) is 8.78 Å². The van der Waals surface area contributed by atoms with Crippen molar-refractivity contribution in [2.24, 2.45) is 0 Å². The molecule has 0 fully saturated rings. The van der Waals surface area contributed by atoms with E-state index in [2.05, 4.69) is 5.32 Å². The number of hydrogen-bond acceptors (Lipinski definition) is 3. The molecule has 0 unspecified atom stereocenters. The number of nitrogens with zero attached hydrogens (tertiary/aromatic N) is 1. The van der Waals surface area contributed by atoms with Crippen LogP contribution < -0.4 is 10.1 Å². The van der Waals surface area contributed by atoms with Crippen molar-refractivity contribution in [3.63, 3.8) is 0 Å². The van der Waals surface area contributed by atoms with Gasteiger partial charge in [0.25, 0.3) is 0 Å². The Morgan fingerprint density at radius 2 is 1.84 bits per heavy atom. The monoisotopic (exact) mass is 348 g/mol. The summed E-state index contributed by atoms with van der Waals surface area (Å²) in [4.78, 5) is 13.7. The molecule has 0 saturated carbocycles. The van der Waals surface area contributed by atoms with Crippen molar-refractivity contribution < 1.29 is 18.3 Å². The molecule has 134 valence electrons. The topological polar surface area (TPSA) is 41.6 Å². The van der Waals surface area contributed by atoms with E-state index in [1.807, 2.05) is 11.9 Å². The van der Waals surface area contributed by atoms with Gasteiger partial charge >= 0.3 is 0 Å². The first-order chi connectivity index (χ1) is 12.0. The van der Waals surface area contributed by atoms with Gasteiger partial charge in [-0.3, -0.25) is 9.69 Å². The second-order valence-corrected chi connectivity index (χ2v) is 5.76. The molecule has 1 N–H and O–H groups in total. The Balaban J connectivity index is 1.61. The Morgan fingerprint density at radius 1 is 1.12 bits per heavy atom. The summed E-state index contributed by atoms with van der Waals surface area (Å²) in [6, 6.07) is 12.2. The predicted molar refractivity (Wildman–Crippen MR) is 92.3 cm³/mol. The normalized spacial score (nSPS) is 10.7. The lowest BCUT2D eigenvalue weighted by molar-refractivity contribution is -0.122. The molecule has 0 radical (unpaired) electrons. The van der Waals surface area contributed by atoms with Crippen LogP contribution >= 0.6 is 0 Å². The molecular weight excluding hydrogens is 326 g/mol. The van der Waals surface area contributed by atoms with Crippen LogP contribution in [0.4, 0.5) is 8.78 Å². The fourth-order valence-corrected chi connectivity index (χ4v) is 2.27. The van der Waals surface area contributed by atoms with E-state index in [0.717, 1.165) is 6.42 Å². The van der Waals surface area contributed by atoms with Crippen LogP contribution in [-0.4, -0.2) is 37.6 Å². The predicted octanol–water partition coefficient (Wildman–Crippen LogP) is 2.98. The number of hydrogen-bond donors (Lipinski definition) is 1. The Kier molecular flexibility index (Phi) is 7.35. The quantitative estimate of drug-likeness (QED) is 0.709. The van der Waals surface area contributed by atoms with E-state index >= 15 is 0 Å². The van der Waals surface area contributed by atoms with E-state index in [9.17, 15) is 13.6 Å². The fourth-order valence-electron chi connectivity index (χ4n) is 2.27. The first-order valence-electron chi connectivity index (χ1n) is 8.11. The van der Waals surface area contributed by atoms with E-state index in [4.69, 9.17) is 4.74 Å². The van der Waals surface area contributed by atoms with Gasteiger partial charge in [0.15, 0.2) is 0 Å². The lowest BCUT2D eigenvalue weighted by atomic mass is 10.2. The number of benzene rings is 2. The van der Waals surface area contributed by atoms with Crippen LogP contribution in [0, 0.1) is 11.6 Å². The molecule has 0 bridgehead atoms. The Hall–Kier alpha value is -2.47. The van der Waals surface area contributed by atoms with Crippen molar-refractivity contribution in [3.8, 4) is 5.75 Å². The van der Waals surface area contributed by atoms with Gasteiger partial charge in [0, 0.05) is 18.7 Å². The second kappa shape index (κ2) is 9.74. The lowest BCUT2D eigenvalue weighted by Crippen LogP contribution is -2.35. The SMILES string of the molecule is CN(CCCOc1ccc(F)cc1)CC(=O)NCc1ccccc1F. The molecule has 2 aromatic carbocycles. The molecule has 2 rings (SSSR count). The molecule has 6 heteroatoms. The van der Waals surface area contributed by atoms with Gasteiger partial charge in [-0.15, -0.1) is 0 Å². The maximum Gasteiger partial charge on any atom is 0.234 e. The van der Waals surface area contributed by atoms with E-state index in [1.165, 1.54) is 18.2 Å². The zero-order valence-electron chi connectivity index (χ0n) is 14.2. The van der Waals surface area contributed by atoms with Gasteiger partial charge in [0.1, 0.15) is 17.4 Å². The Morgan fingerprint density at radius 3 is 2.56 bits per heavy atom. The smallest absolute Gasteiger partial charge is 0.234 e.